The summed E-state index contributed by atoms with van der Waals surface area (Å²) < 4.78 is 11.3. The summed E-state index contributed by atoms with van der Waals surface area (Å²) in [5.41, 5.74) is 0.696. The number of thioether (sulfide) groups is 1. The van der Waals surface area contributed by atoms with E-state index >= 15 is 0 Å². The van der Waals surface area contributed by atoms with Gasteiger partial charge in [0.05, 0.1) is 24.9 Å². The van der Waals surface area contributed by atoms with Gasteiger partial charge in [-0.3, -0.25) is 14.4 Å². The van der Waals surface area contributed by atoms with Crippen molar-refractivity contribution in [2.24, 2.45) is 5.92 Å². The lowest BCUT2D eigenvalue weighted by atomic mass is 10.1. The van der Waals surface area contributed by atoms with Gasteiger partial charge in [-0.05, 0) is 25.0 Å². The van der Waals surface area contributed by atoms with Crippen LogP contribution in [0.1, 0.15) is 19.3 Å². The van der Waals surface area contributed by atoms with E-state index in [1.165, 1.54) is 23.1 Å². The average Bonchev–Trinajstić information content (AvgIpc) is 3.58. The number of ether oxygens (including phenoxy) is 2. The normalized spacial score (nSPS) is 20.2. The Kier molecular flexibility index (Phi) is 7.78. The van der Waals surface area contributed by atoms with Crippen molar-refractivity contribution in [1.29, 1.82) is 0 Å². The number of rotatable bonds is 9. The van der Waals surface area contributed by atoms with E-state index in [0.717, 1.165) is 19.4 Å². The zero-order valence-electron chi connectivity index (χ0n) is 18.1. The summed E-state index contributed by atoms with van der Waals surface area (Å²) in [7, 11) is 1.56. The van der Waals surface area contributed by atoms with E-state index < -0.39 is 5.92 Å². The number of nitrogens with one attached hydrogen (secondary N) is 2. The first-order chi connectivity index (χ1) is 16.0. The minimum Gasteiger partial charge on any atom is -0.497 e. The predicted octanol–water partition coefficient (Wildman–Crippen LogP) is 1.93. The maximum atomic E-state index is 12.7. The molecule has 176 valence electrons. The van der Waals surface area contributed by atoms with E-state index in [2.05, 4.69) is 20.8 Å². The first kappa shape index (κ1) is 23.5. The van der Waals surface area contributed by atoms with Crippen LogP contribution in [0.15, 0.2) is 28.6 Å². The Balaban J connectivity index is 1.24. The van der Waals surface area contributed by atoms with Crippen LogP contribution in [0, 0.1) is 5.92 Å². The molecule has 0 saturated carbocycles. The molecule has 0 spiro atoms. The summed E-state index contributed by atoms with van der Waals surface area (Å²) in [6, 6.07) is 7.18. The third kappa shape index (κ3) is 6.21. The van der Waals surface area contributed by atoms with Gasteiger partial charge in [-0.1, -0.05) is 29.2 Å². The van der Waals surface area contributed by atoms with Crippen molar-refractivity contribution in [1.82, 2.24) is 15.5 Å². The Bertz CT molecular complexity index is 1010. The number of methoxy groups -OCH3 is 1. The standard InChI is InChI=1S/C21H25N5O5S2/c1-30-15-5-2-4-14(9-15)26-11-13(8-18(26)28)19(29)23-20-24-25-21(33-20)32-12-17(27)22-10-16-6-3-7-31-16/h2,4-5,9,13,16H,3,6-8,10-12H2,1H3,(H,22,27)(H,23,24,29)/t13-,16-/m0/s1. The fourth-order valence-electron chi connectivity index (χ4n) is 3.65. The van der Waals surface area contributed by atoms with Crippen LogP contribution in [0.25, 0.3) is 0 Å². The molecule has 10 nitrogen and oxygen atoms in total. The second-order valence-corrected chi connectivity index (χ2v) is 9.90. The third-order valence-electron chi connectivity index (χ3n) is 5.38. The molecule has 1 aromatic carbocycles. The number of aromatic nitrogens is 2. The van der Waals surface area contributed by atoms with Crippen LogP contribution in [0.3, 0.4) is 0 Å². The molecule has 3 amide bonds. The monoisotopic (exact) mass is 491 g/mol. The van der Waals surface area contributed by atoms with Gasteiger partial charge in [0.15, 0.2) is 4.34 Å². The lowest BCUT2D eigenvalue weighted by Gasteiger charge is -2.17. The molecule has 2 aliphatic rings. The highest BCUT2D eigenvalue weighted by atomic mass is 32.2. The number of nitrogens with zero attached hydrogens (tertiary/aromatic N) is 3. The molecule has 3 heterocycles. The van der Waals surface area contributed by atoms with Crippen LogP contribution in [0.5, 0.6) is 5.75 Å². The SMILES string of the molecule is COc1cccc(N2C[C@@H](C(=O)Nc3nnc(SCC(=O)NC[C@@H]4CCCO4)s3)CC2=O)c1. The van der Waals surface area contributed by atoms with E-state index in [1.54, 1.807) is 30.2 Å². The number of carbonyl (C=O) groups excluding carboxylic acids is 3. The molecule has 2 fully saturated rings. The molecule has 33 heavy (non-hydrogen) atoms. The maximum absolute atomic E-state index is 12.7. The fraction of sp³-hybridized carbons (Fsp3) is 0.476. The lowest BCUT2D eigenvalue weighted by molar-refractivity contribution is -0.122. The molecular weight excluding hydrogens is 466 g/mol. The average molecular weight is 492 g/mol. The summed E-state index contributed by atoms with van der Waals surface area (Å²) >= 11 is 2.46. The zero-order valence-corrected chi connectivity index (χ0v) is 19.7. The van der Waals surface area contributed by atoms with Gasteiger partial charge in [0.2, 0.25) is 22.9 Å². The van der Waals surface area contributed by atoms with Crippen molar-refractivity contribution in [3.8, 4) is 5.75 Å². The molecule has 12 heteroatoms. The third-order valence-corrected chi connectivity index (χ3v) is 7.35. The Hall–Kier alpha value is -2.70. The molecule has 0 aliphatic carbocycles. The smallest absolute Gasteiger partial charge is 0.231 e. The van der Waals surface area contributed by atoms with E-state index in [-0.39, 0.29) is 42.5 Å². The van der Waals surface area contributed by atoms with Crippen LogP contribution in [-0.2, 0) is 19.1 Å². The highest BCUT2D eigenvalue weighted by Gasteiger charge is 2.35. The highest BCUT2D eigenvalue weighted by Crippen LogP contribution is 2.30. The minimum absolute atomic E-state index is 0.0987. The molecule has 4 rings (SSSR count). The Morgan fingerprint density at radius 2 is 2.24 bits per heavy atom. The molecule has 2 atom stereocenters. The van der Waals surface area contributed by atoms with E-state index in [9.17, 15) is 14.4 Å². The van der Waals surface area contributed by atoms with Crippen LogP contribution in [-0.4, -0.2) is 66.6 Å². The number of anilines is 2. The number of carbonyl (C=O) groups is 3. The number of amides is 3. The molecule has 2 N–H and O–H groups in total. The molecule has 0 unspecified atom stereocenters. The lowest BCUT2D eigenvalue weighted by Crippen LogP contribution is -2.32. The summed E-state index contributed by atoms with van der Waals surface area (Å²) in [4.78, 5) is 38.7. The molecule has 2 aromatic rings. The first-order valence-electron chi connectivity index (χ1n) is 10.6. The van der Waals surface area contributed by atoms with Crippen molar-refractivity contribution in [3.05, 3.63) is 24.3 Å². The highest BCUT2D eigenvalue weighted by molar-refractivity contribution is 8.01. The fourth-order valence-corrected chi connectivity index (χ4v) is 5.23. The molecule has 2 aliphatic heterocycles. The van der Waals surface area contributed by atoms with Gasteiger partial charge in [0.25, 0.3) is 0 Å². The van der Waals surface area contributed by atoms with E-state index in [0.29, 0.717) is 27.5 Å². The number of hydrogen-bond donors (Lipinski definition) is 2. The van der Waals surface area contributed by atoms with Crippen molar-refractivity contribution in [2.45, 2.75) is 29.7 Å². The van der Waals surface area contributed by atoms with Crippen molar-refractivity contribution < 1.29 is 23.9 Å². The van der Waals surface area contributed by atoms with Crippen molar-refractivity contribution >= 4 is 51.6 Å². The maximum Gasteiger partial charge on any atom is 0.231 e. The molecule has 2 saturated heterocycles. The van der Waals surface area contributed by atoms with Crippen LogP contribution >= 0.6 is 23.1 Å². The zero-order chi connectivity index (χ0) is 23.2. The number of benzene rings is 1. The Morgan fingerprint density at radius 1 is 1.36 bits per heavy atom. The summed E-state index contributed by atoms with van der Waals surface area (Å²) in [5.74, 6) is -0.137. The van der Waals surface area contributed by atoms with E-state index in [1.807, 2.05) is 6.07 Å². The second-order valence-electron chi connectivity index (χ2n) is 7.70. The van der Waals surface area contributed by atoms with Crippen LogP contribution < -0.4 is 20.3 Å². The Labute approximate surface area is 199 Å². The molecule has 1 aromatic heterocycles. The summed E-state index contributed by atoms with van der Waals surface area (Å²) in [6.45, 7) is 1.55. The van der Waals surface area contributed by atoms with Gasteiger partial charge in [-0.25, -0.2) is 0 Å². The summed E-state index contributed by atoms with van der Waals surface area (Å²) in [6.07, 6.45) is 2.22. The van der Waals surface area contributed by atoms with Gasteiger partial charge in [0.1, 0.15) is 5.75 Å². The quantitative estimate of drug-likeness (QED) is 0.403. The van der Waals surface area contributed by atoms with Gasteiger partial charge in [-0.15, -0.1) is 10.2 Å². The molecule has 0 radical (unpaired) electrons. The molecule has 0 bridgehead atoms. The topological polar surface area (TPSA) is 123 Å². The van der Waals surface area contributed by atoms with Crippen LogP contribution in [0.2, 0.25) is 0 Å². The Morgan fingerprint density at radius 3 is 3.03 bits per heavy atom. The van der Waals surface area contributed by atoms with Crippen molar-refractivity contribution in [3.63, 3.8) is 0 Å². The first-order valence-corrected chi connectivity index (χ1v) is 12.4. The number of hydrogen-bond acceptors (Lipinski definition) is 9. The molecular formula is C21H25N5O5S2. The second kappa shape index (κ2) is 10.9. The predicted molar refractivity (Wildman–Crippen MR) is 125 cm³/mol. The van der Waals surface area contributed by atoms with Gasteiger partial charge in [-0.2, -0.15) is 0 Å². The van der Waals surface area contributed by atoms with E-state index in [4.69, 9.17) is 9.47 Å². The van der Waals surface area contributed by atoms with Crippen molar-refractivity contribution in [2.75, 3.05) is 42.8 Å². The van der Waals surface area contributed by atoms with Crippen LogP contribution in [0.4, 0.5) is 10.8 Å². The minimum atomic E-state index is -0.493. The van der Waals surface area contributed by atoms with Gasteiger partial charge < -0.3 is 25.0 Å². The van der Waals surface area contributed by atoms with Gasteiger partial charge in [0, 0.05) is 37.9 Å². The van der Waals surface area contributed by atoms with Gasteiger partial charge >= 0.3 is 0 Å². The summed E-state index contributed by atoms with van der Waals surface area (Å²) in [5, 5.41) is 13.9. The largest absolute Gasteiger partial charge is 0.497 e.